The largest absolute Gasteiger partial charge is 0.337 e. The molecular formula is C52H37N5. The molecule has 0 atom stereocenters. The normalized spacial score (nSPS) is 13.8. The standard InChI is InChI=1S/C52H37N5/c1-36-16-6-5-15-33-56(43-21-11-4-12-22-43)48-35-46-44-23-13-14-24-47(44)57(49(46)34-45(36)48)52-54-50(41-29-25-39(26-30-41)37-17-7-2-8-18-37)53-51(55-52)42-31-27-40(28-32-42)38-19-9-3-10-20-38/h2-32,34-35H,1,33H2/b15-5-,16-6-. The van der Waals surface area contributed by atoms with Crippen LogP contribution in [-0.2, 0) is 0 Å². The van der Waals surface area contributed by atoms with Crippen molar-refractivity contribution in [2.75, 3.05) is 11.4 Å². The minimum atomic E-state index is 0.547. The van der Waals surface area contributed by atoms with Gasteiger partial charge in [-0.15, -0.1) is 0 Å². The Morgan fingerprint density at radius 2 is 0.982 bits per heavy atom. The van der Waals surface area contributed by atoms with Gasteiger partial charge in [0.15, 0.2) is 11.6 Å². The Kier molecular flexibility index (Phi) is 8.65. The lowest BCUT2D eigenvalue weighted by atomic mass is 10.0. The fourth-order valence-electron chi connectivity index (χ4n) is 7.76. The molecule has 57 heavy (non-hydrogen) atoms. The van der Waals surface area contributed by atoms with Crippen molar-refractivity contribution in [1.29, 1.82) is 0 Å². The third kappa shape index (κ3) is 6.41. The van der Waals surface area contributed by atoms with Gasteiger partial charge in [-0.3, -0.25) is 4.57 Å². The number of hydrogen-bond acceptors (Lipinski definition) is 4. The molecule has 1 aliphatic heterocycles. The van der Waals surface area contributed by atoms with E-state index < -0.39 is 0 Å². The second-order valence-corrected chi connectivity index (χ2v) is 14.2. The van der Waals surface area contributed by atoms with Crippen LogP contribution in [0.15, 0.2) is 207 Å². The molecule has 0 aliphatic carbocycles. The number of benzene rings is 7. The zero-order chi connectivity index (χ0) is 38.1. The van der Waals surface area contributed by atoms with Gasteiger partial charge >= 0.3 is 0 Å². The van der Waals surface area contributed by atoms with Crippen LogP contribution in [0.2, 0.25) is 0 Å². The molecule has 0 saturated heterocycles. The Bertz CT molecular complexity index is 2860. The van der Waals surface area contributed by atoms with Gasteiger partial charge in [0, 0.05) is 39.7 Å². The Morgan fingerprint density at radius 3 is 1.60 bits per heavy atom. The number of allylic oxidation sites excluding steroid dienone is 4. The van der Waals surface area contributed by atoms with Crippen molar-refractivity contribution in [3.8, 4) is 51.0 Å². The first kappa shape index (κ1) is 33.9. The number of fused-ring (bicyclic) bond motifs is 4. The van der Waals surface area contributed by atoms with Gasteiger partial charge in [-0.1, -0.05) is 176 Å². The van der Waals surface area contributed by atoms with Crippen molar-refractivity contribution >= 4 is 38.8 Å². The molecule has 3 heterocycles. The Balaban J connectivity index is 1.19. The highest BCUT2D eigenvalue weighted by molar-refractivity contribution is 6.12. The topological polar surface area (TPSA) is 46.8 Å². The SMILES string of the molecule is C=C1/C=C\C=C/CN(c2ccccc2)c2cc3c4ccccc4n(-c4nc(-c5ccc(-c6ccccc6)cc5)nc(-c5ccc(-c6ccccc6)cc5)n4)c3cc21. The fourth-order valence-corrected chi connectivity index (χ4v) is 7.76. The zero-order valence-corrected chi connectivity index (χ0v) is 31.2. The van der Waals surface area contributed by atoms with Crippen molar-refractivity contribution < 1.29 is 0 Å². The minimum absolute atomic E-state index is 0.547. The van der Waals surface area contributed by atoms with E-state index >= 15 is 0 Å². The van der Waals surface area contributed by atoms with Crippen molar-refractivity contribution in [3.05, 3.63) is 212 Å². The van der Waals surface area contributed by atoms with E-state index in [9.17, 15) is 0 Å². The number of hydrogen-bond donors (Lipinski definition) is 0. The second kappa shape index (κ2) is 14.5. The van der Waals surface area contributed by atoms with Crippen molar-refractivity contribution in [2.24, 2.45) is 0 Å². The molecule has 0 spiro atoms. The van der Waals surface area contributed by atoms with Gasteiger partial charge in [-0.05, 0) is 58.2 Å². The lowest BCUT2D eigenvalue weighted by Crippen LogP contribution is -2.18. The molecule has 1 aliphatic rings. The molecule has 5 heteroatoms. The molecule has 7 aromatic carbocycles. The first-order chi connectivity index (χ1) is 28.2. The molecular weight excluding hydrogens is 695 g/mol. The summed E-state index contributed by atoms with van der Waals surface area (Å²) in [5, 5.41) is 2.22. The third-order valence-electron chi connectivity index (χ3n) is 10.7. The van der Waals surface area contributed by atoms with Crippen LogP contribution in [0.5, 0.6) is 0 Å². The summed E-state index contributed by atoms with van der Waals surface area (Å²) in [7, 11) is 0. The molecule has 10 rings (SSSR count). The van der Waals surface area contributed by atoms with Gasteiger partial charge in [-0.2, -0.15) is 9.97 Å². The number of para-hydroxylation sites is 2. The monoisotopic (exact) mass is 731 g/mol. The molecule has 0 bridgehead atoms. The van der Waals surface area contributed by atoms with E-state index in [4.69, 9.17) is 15.0 Å². The van der Waals surface area contributed by atoms with Crippen LogP contribution in [0.4, 0.5) is 11.4 Å². The smallest absolute Gasteiger partial charge is 0.238 e. The maximum absolute atomic E-state index is 5.27. The van der Waals surface area contributed by atoms with Crippen molar-refractivity contribution in [3.63, 3.8) is 0 Å². The maximum Gasteiger partial charge on any atom is 0.238 e. The maximum atomic E-state index is 5.27. The zero-order valence-electron chi connectivity index (χ0n) is 31.2. The predicted molar refractivity (Wildman–Crippen MR) is 237 cm³/mol. The van der Waals surface area contributed by atoms with E-state index in [0.717, 1.165) is 77.7 Å². The third-order valence-corrected chi connectivity index (χ3v) is 10.7. The molecule has 0 amide bonds. The average molecular weight is 732 g/mol. The summed E-state index contributed by atoms with van der Waals surface area (Å²) in [4.78, 5) is 18.0. The van der Waals surface area contributed by atoms with E-state index in [0.29, 0.717) is 24.1 Å². The van der Waals surface area contributed by atoms with Gasteiger partial charge in [-0.25, -0.2) is 4.98 Å². The van der Waals surface area contributed by atoms with E-state index in [-0.39, 0.29) is 0 Å². The van der Waals surface area contributed by atoms with Crippen LogP contribution in [0.1, 0.15) is 5.56 Å². The summed E-state index contributed by atoms with van der Waals surface area (Å²) < 4.78 is 2.19. The van der Waals surface area contributed by atoms with E-state index in [1.165, 1.54) is 0 Å². The second-order valence-electron chi connectivity index (χ2n) is 14.2. The molecule has 0 unspecified atom stereocenters. The Labute approximate surface area is 331 Å². The summed E-state index contributed by atoms with van der Waals surface area (Å²) >= 11 is 0. The van der Waals surface area contributed by atoms with Gasteiger partial charge < -0.3 is 4.90 Å². The molecule has 0 saturated carbocycles. The molecule has 0 fully saturated rings. The Morgan fingerprint density at radius 1 is 0.456 bits per heavy atom. The van der Waals surface area contributed by atoms with E-state index in [1.807, 2.05) is 12.1 Å². The lowest BCUT2D eigenvalue weighted by Gasteiger charge is -2.26. The van der Waals surface area contributed by atoms with Crippen LogP contribution in [0.25, 0.3) is 78.4 Å². The summed E-state index contributed by atoms with van der Waals surface area (Å²) in [5.41, 5.74) is 12.6. The van der Waals surface area contributed by atoms with Gasteiger partial charge in [0.25, 0.3) is 0 Å². The van der Waals surface area contributed by atoms with Crippen LogP contribution in [0, 0.1) is 0 Å². The summed E-state index contributed by atoms with van der Waals surface area (Å²) in [6, 6.07) is 61.4. The molecule has 0 radical (unpaired) electrons. The highest BCUT2D eigenvalue weighted by Gasteiger charge is 2.22. The highest BCUT2D eigenvalue weighted by Crippen LogP contribution is 2.41. The molecule has 270 valence electrons. The van der Waals surface area contributed by atoms with Gasteiger partial charge in [0.2, 0.25) is 5.95 Å². The minimum Gasteiger partial charge on any atom is -0.337 e. The average Bonchev–Trinajstić information content (AvgIpc) is 3.64. The summed E-state index contributed by atoms with van der Waals surface area (Å²) in [6.45, 7) is 5.27. The molecule has 0 N–H and O–H groups in total. The van der Waals surface area contributed by atoms with Crippen LogP contribution in [-0.4, -0.2) is 26.1 Å². The quantitative estimate of drug-likeness (QED) is 0.171. The van der Waals surface area contributed by atoms with Crippen LogP contribution >= 0.6 is 0 Å². The predicted octanol–water partition coefficient (Wildman–Crippen LogP) is 12.9. The number of aromatic nitrogens is 4. The van der Waals surface area contributed by atoms with E-state index in [2.05, 4.69) is 204 Å². The molecule has 5 nitrogen and oxygen atoms in total. The first-order valence-corrected chi connectivity index (χ1v) is 19.2. The Hall–Kier alpha value is -7.63. The lowest BCUT2D eigenvalue weighted by molar-refractivity contribution is 0.953. The van der Waals surface area contributed by atoms with Gasteiger partial charge in [0.05, 0.1) is 16.7 Å². The molecule has 2 aromatic heterocycles. The first-order valence-electron chi connectivity index (χ1n) is 19.2. The van der Waals surface area contributed by atoms with E-state index in [1.54, 1.807) is 0 Å². The van der Waals surface area contributed by atoms with Crippen molar-refractivity contribution in [1.82, 2.24) is 19.5 Å². The van der Waals surface area contributed by atoms with Crippen molar-refractivity contribution in [2.45, 2.75) is 0 Å². The molecule has 9 aromatic rings. The van der Waals surface area contributed by atoms with Gasteiger partial charge in [0.1, 0.15) is 0 Å². The van der Waals surface area contributed by atoms with Crippen LogP contribution in [0.3, 0.4) is 0 Å². The number of rotatable bonds is 6. The number of nitrogens with zero attached hydrogens (tertiary/aromatic N) is 5. The highest BCUT2D eigenvalue weighted by atomic mass is 15.2. The summed E-state index contributed by atoms with van der Waals surface area (Å²) in [5.74, 6) is 1.75. The summed E-state index contributed by atoms with van der Waals surface area (Å²) in [6.07, 6.45) is 8.43. The number of anilines is 2. The fraction of sp³-hybridized carbons (Fsp3) is 0.0192. The van der Waals surface area contributed by atoms with Crippen LogP contribution < -0.4 is 4.90 Å².